The molecular weight excluding hydrogens is 540 g/mol. The van der Waals surface area contributed by atoms with Crippen molar-refractivity contribution in [2.24, 2.45) is 11.8 Å². The molecule has 2 aromatic rings. The quantitative estimate of drug-likeness (QED) is 0.134. The molecule has 2 unspecified atom stereocenters. The maximum Gasteiger partial charge on any atom is 0.315 e. The van der Waals surface area contributed by atoms with Gasteiger partial charge in [0.1, 0.15) is 11.2 Å². The second-order valence-corrected chi connectivity index (χ2v) is 9.65. The lowest BCUT2D eigenvalue weighted by atomic mass is 9.60. The van der Waals surface area contributed by atoms with Gasteiger partial charge in [-0.1, -0.05) is 44.0 Å². The number of anilines is 2. The zero-order valence-corrected chi connectivity index (χ0v) is 22.7. The molecule has 0 radical (unpaired) electrons. The van der Waals surface area contributed by atoms with Crippen LogP contribution in [0.5, 0.6) is 0 Å². The molecule has 2 rings (SSSR count). The van der Waals surface area contributed by atoms with Crippen molar-refractivity contribution in [3.05, 3.63) is 46.6 Å². The molecule has 1 aromatic carbocycles. The number of hydrogen-bond acceptors (Lipinski definition) is 9. The van der Waals surface area contributed by atoms with E-state index in [4.69, 9.17) is 5.73 Å². The van der Waals surface area contributed by atoms with E-state index in [1.54, 1.807) is 6.92 Å². The van der Waals surface area contributed by atoms with Crippen molar-refractivity contribution in [3.8, 4) is 0 Å². The molecule has 1 heterocycles. The van der Waals surface area contributed by atoms with E-state index >= 15 is 0 Å². The van der Waals surface area contributed by atoms with Crippen LogP contribution in [-0.2, 0) is 35.8 Å². The molecule has 14 nitrogen and oxygen atoms in total. The highest BCUT2D eigenvalue weighted by atomic mass is 16.4. The van der Waals surface area contributed by atoms with E-state index in [9.17, 15) is 49.5 Å². The standard InChI is InChI=1S/C27H34N4O10/c1-3-4-5-10-29-22-17(14(2)30-26(28)31-22)11-15-6-8-16(9-7-15)27(25(40)41,18(23(36)37)12-20(32)33)19(24(38)39)13-21(34)35/h6-9,18-19H,3-5,10-13H2,1-2H3,(H,32,33)(H,34,35)(H,36,37)(H,38,39)(H,40,41)(H3,28,29,30,31). The molecule has 0 bridgehead atoms. The third-order valence-corrected chi connectivity index (χ3v) is 6.92. The predicted molar refractivity (Wildman–Crippen MR) is 145 cm³/mol. The summed E-state index contributed by atoms with van der Waals surface area (Å²) in [4.78, 5) is 68.8. The molecule has 0 aliphatic heterocycles. The molecule has 14 heteroatoms. The number of carbonyl (C=O) groups is 5. The molecule has 222 valence electrons. The first-order valence-electron chi connectivity index (χ1n) is 12.8. The fraction of sp³-hybridized carbons (Fsp3) is 0.444. The van der Waals surface area contributed by atoms with Gasteiger partial charge in [0, 0.05) is 24.2 Å². The Hall–Kier alpha value is -4.75. The number of hydrogen-bond donors (Lipinski definition) is 7. The molecule has 1 aromatic heterocycles. The maximum atomic E-state index is 12.8. The van der Waals surface area contributed by atoms with Crippen LogP contribution in [0.2, 0.25) is 0 Å². The van der Waals surface area contributed by atoms with Crippen molar-refractivity contribution in [2.45, 2.75) is 57.8 Å². The number of carboxylic acids is 5. The normalized spacial score (nSPS) is 13.9. The highest BCUT2D eigenvalue weighted by Gasteiger charge is 2.60. The Bertz CT molecular complexity index is 1260. The van der Waals surface area contributed by atoms with Crippen LogP contribution < -0.4 is 11.1 Å². The Labute approximate surface area is 235 Å². The van der Waals surface area contributed by atoms with Crippen molar-refractivity contribution < 1.29 is 49.5 Å². The topological polar surface area (TPSA) is 250 Å². The van der Waals surface area contributed by atoms with Crippen molar-refractivity contribution in [1.82, 2.24) is 9.97 Å². The van der Waals surface area contributed by atoms with Crippen LogP contribution in [0, 0.1) is 18.8 Å². The van der Waals surface area contributed by atoms with Gasteiger partial charge in [0.25, 0.3) is 0 Å². The first-order valence-corrected chi connectivity index (χ1v) is 12.8. The molecule has 0 fully saturated rings. The van der Waals surface area contributed by atoms with Crippen LogP contribution in [0.1, 0.15) is 61.4 Å². The number of rotatable bonds is 17. The van der Waals surface area contributed by atoms with Gasteiger partial charge in [0.2, 0.25) is 5.95 Å². The van der Waals surface area contributed by atoms with Crippen molar-refractivity contribution in [1.29, 1.82) is 0 Å². The van der Waals surface area contributed by atoms with Gasteiger partial charge < -0.3 is 36.6 Å². The van der Waals surface area contributed by atoms with E-state index in [0.29, 0.717) is 29.2 Å². The summed E-state index contributed by atoms with van der Waals surface area (Å²) < 4.78 is 0. The highest BCUT2D eigenvalue weighted by Crippen LogP contribution is 2.44. The summed E-state index contributed by atoms with van der Waals surface area (Å²) in [6.45, 7) is 4.44. The fourth-order valence-electron chi connectivity index (χ4n) is 4.96. The molecule has 0 saturated heterocycles. The number of nitrogen functional groups attached to an aromatic ring is 1. The molecular formula is C27H34N4O10. The van der Waals surface area contributed by atoms with E-state index < -0.39 is 59.9 Å². The second kappa shape index (κ2) is 14.1. The molecule has 2 atom stereocenters. The monoisotopic (exact) mass is 574 g/mol. The minimum Gasteiger partial charge on any atom is -0.481 e. The fourth-order valence-corrected chi connectivity index (χ4v) is 4.96. The van der Waals surface area contributed by atoms with Gasteiger partial charge in [-0.2, -0.15) is 4.98 Å². The van der Waals surface area contributed by atoms with Crippen LogP contribution in [0.25, 0.3) is 0 Å². The van der Waals surface area contributed by atoms with Crippen LogP contribution in [0.4, 0.5) is 11.8 Å². The van der Waals surface area contributed by atoms with Gasteiger partial charge in [-0.3, -0.25) is 24.0 Å². The third-order valence-electron chi connectivity index (χ3n) is 6.92. The first kappa shape index (κ1) is 32.5. The van der Waals surface area contributed by atoms with Crippen molar-refractivity contribution in [3.63, 3.8) is 0 Å². The Morgan fingerprint density at radius 2 is 1.41 bits per heavy atom. The minimum absolute atomic E-state index is 0.0714. The number of aromatic nitrogens is 2. The van der Waals surface area contributed by atoms with E-state index in [1.165, 1.54) is 24.3 Å². The second-order valence-electron chi connectivity index (χ2n) is 9.65. The van der Waals surface area contributed by atoms with E-state index in [-0.39, 0.29) is 17.9 Å². The summed E-state index contributed by atoms with van der Waals surface area (Å²) in [7, 11) is 0. The van der Waals surface area contributed by atoms with Gasteiger partial charge in [0.05, 0.1) is 24.7 Å². The molecule has 0 aliphatic rings. The van der Waals surface area contributed by atoms with Crippen LogP contribution in [0.3, 0.4) is 0 Å². The number of nitrogens with one attached hydrogen (secondary N) is 1. The number of aliphatic carboxylic acids is 5. The SMILES string of the molecule is CCCCCNc1nc(N)nc(C)c1Cc1ccc(C(C(=O)O)(C(CC(=O)O)C(=O)O)C(CC(=O)O)C(=O)O)cc1. The maximum absolute atomic E-state index is 12.8. The van der Waals surface area contributed by atoms with E-state index in [0.717, 1.165) is 19.3 Å². The number of nitrogens with two attached hydrogens (primary N) is 1. The molecule has 0 spiro atoms. The molecule has 41 heavy (non-hydrogen) atoms. The molecule has 8 N–H and O–H groups in total. The summed E-state index contributed by atoms with van der Waals surface area (Å²) in [6.07, 6.45) is 0.634. The van der Waals surface area contributed by atoms with Gasteiger partial charge in [-0.05, 0) is 24.5 Å². The Balaban J connectivity index is 2.65. The molecule has 0 saturated carbocycles. The van der Waals surface area contributed by atoms with Crippen molar-refractivity contribution in [2.75, 3.05) is 17.6 Å². The average Bonchev–Trinajstić information content (AvgIpc) is 2.87. The number of benzene rings is 1. The minimum atomic E-state index is -2.93. The first-order chi connectivity index (χ1) is 19.2. The van der Waals surface area contributed by atoms with Crippen molar-refractivity contribution >= 4 is 41.6 Å². The third kappa shape index (κ3) is 7.68. The zero-order chi connectivity index (χ0) is 30.9. The number of nitrogens with zero attached hydrogens (tertiary/aromatic N) is 2. The van der Waals surface area contributed by atoms with Gasteiger partial charge in [-0.15, -0.1) is 0 Å². The molecule has 0 amide bonds. The predicted octanol–water partition coefficient (Wildman–Crippen LogP) is 2.23. The van der Waals surface area contributed by atoms with E-state index in [1.807, 2.05) is 0 Å². The molecule has 0 aliphatic carbocycles. The summed E-state index contributed by atoms with van der Waals surface area (Å²) in [5.41, 5.74) is 4.39. The lowest BCUT2D eigenvalue weighted by Crippen LogP contribution is -2.55. The summed E-state index contributed by atoms with van der Waals surface area (Å²) in [5, 5.41) is 52.0. The van der Waals surface area contributed by atoms with Crippen LogP contribution in [0.15, 0.2) is 24.3 Å². The Morgan fingerprint density at radius 1 is 0.878 bits per heavy atom. The van der Waals surface area contributed by atoms with Crippen LogP contribution in [-0.4, -0.2) is 71.9 Å². The van der Waals surface area contributed by atoms with Gasteiger partial charge in [-0.25, -0.2) is 4.98 Å². The summed E-state index contributed by atoms with van der Waals surface area (Å²) >= 11 is 0. The van der Waals surface area contributed by atoms with Gasteiger partial charge in [0.15, 0.2) is 0 Å². The average molecular weight is 575 g/mol. The lowest BCUT2D eigenvalue weighted by molar-refractivity contribution is -0.169. The number of unbranched alkanes of at least 4 members (excludes halogenated alkanes) is 2. The number of aryl methyl sites for hydroxylation is 1. The Morgan fingerprint density at radius 3 is 1.85 bits per heavy atom. The van der Waals surface area contributed by atoms with Crippen LogP contribution >= 0.6 is 0 Å². The largest absolute Gasteiger partial charge is 0.481 e. The zero-order valence-electron chi connectivity index (χ0n) is 22.7. The smallest absolute Gasteiger partial charge is 0.315 e. The highest BCUT2D eigenvalue weighted by molar-refractivity contribution is 5.96. The summed E-state index contributed by atoms with van der Waals surface area (Å²) in [6, 6.07) is 5.23. The summed E-state index contributed by atoms with van der Waals surface area (Å²) in [5.74, 6) is -13.2. The Kier molecular flexibility index (Phi) is 11.1. The van der Waals surface area contributed by atoms with Gasteiger partial charge >= 0.3 is 29.8 Å². The van der Waals surface area contributed by atoms with E-state index in [2.05, 4.69) is 22.2 Å². The lowest BCUT2D eigenvalue weighted by Gasteiger charge is -2.39. The number of carboxylic acid groups (broad SMARTS) is 5.